The minimum absolute atomic E-state index is 0.123. The van der Waals surface area contributed by atoms with Crippen LogP contribution in [-0.2, 0) is 11.8 Å². The van der Waals surface area contributed by atoms with E-state index in [2.05, 4.69) is 16.7 Å². The molecule has 2 amide bonds. The van der Waals surface area contributed by atoms with Gasteiger partial charge in [-0.05, 0) is 31.4 Å². The van der Waals surface area contributed by atoms with Crippen LogP contribution in [0.5, 0.6) is 0 Å². The highest BCUT2D eigenvalue weighted by Crippen LogP contribution is 2.26. The summed E-state index contributed by atoms with van der Waals surface area (Å²) in [6.45, 7) is 1.99. The molecule has 0 saturated heterocycles. The van der Waals surface area contributed by atoms with E-state index in [1.165, 1.54) is 0 Å². The van der Waals surface area contributed by atoms with Gasteiger partial charge in [0.1, 0.15) is 11.7 Å². The molecule has 0 bridgehead atoms. The van der Waals surface area contributed by atoms with Gasteiger partial charge < -0.3 is 15.2 Å². The van der Waals surface area contributed by atoms with Gasteiger partial charge in [-0.2, -0.15) is 5.26 Å². The van der Waals surface area contributed by atoms with Crippen LogP contribution < -0.4 is 10.6 Å². The molecule has 3 rings (SSSR count). The number of nitriles is 1. The summed E-state index contributed by atoms with van der Waals surface area (Å²) in [5.74, 6) is -0.573. The zero-order chi connectivity index (χ0) is 20.1. The lowest BCUT2D eigenvalue weighted by Gasteiger charge is -2.31. The number of rotatable bonds is 6. The third-order valence-electron chi connectivity index (χ3n) is 5.65. The van der Waals surface area contributed by atoms with Crippen LogP contribution in [0.2, 0.25) is 0 Å². The Morgan fingerprint density at radius 1 is 1.29 bits per heavy atom. The van der Waals surface area contributed by atoms with Crippen LogP contribution in [0.15, 0.2) is 30.3 Å². The number of amides is 2. The monoisotopic (exact) mass is 380 g/mol. The van der Waals surface area contributed by atoms with E-state index >= 15 is 0 Å². The first-order chi connectivity index (χ1) is 13.5. The van der Waals surface area contributed by atoms with Crippen molar-refractivity contribution in [1.82, 2.24) is 15.2 Å². The first-order valence-corrected chi connectivity index (χ1v) is 10.1. The van der Waals surface area contributed by atoms with Gasteiger partial charge in [-0.25, -0.2) is 0 Å². The Kier molecular flexibility index (Phi) is 6.35. The number of hydrogen-bond donors (Lipinski definition) is 2. The fourth-order valence-electron chi connectivity index (χ4n) is 4.10. The Labute approximate surface area is 165 Å². The lowest BCUT2D eigenvalue weighted by molar-refractivity contribution is -0.127. The predicted molar refractivity (Wildman–Crippen MR) is 109 cm³/mol. The maximum absolute atomic E-state index is 12.9. The second kappa shape index (κ2) is 8.92. The number of carbonyl (C=O) groups excluding carboxylic acids is 2. The van der Waals surface area contributed by atoms with E-state index in [0.717, 1.165) is 43.0 Å². The molecular weight excluding hydrogens is 352 g/mol. The van der Waals surface area contributed by atoms with E-state index in [0.29, 0.717) is 12.1 Å². The first kappa shape index (κ1) is 19.9. The van der Waals surface area contributed by atoms with Gasteiger partial charge >= 0.3 is 0 Å². The quantitative estimate of drug-likeness (QED) is 0.806. The third kappa shape index (κ3) is 4.19. The molecule has 2 N–H and O–H groups in total. The van der Waals surface area contributed by atoms with Gasteiger partial charge in [0, 0.05) is 24.0 Å². The summed E-state index contributed by atoms with van der Waals surface area (Å²) >= 11 is 0. The molecule has 1 aliphatic rings. The van der Waals surface area contributed by atoms with Crippen molar-refractivity contribution in [2.75, 3.05) is 0 Å². The Hall–Kier alpha value is -2.81. The maximum Gasteiger partial charge on any atom is 0.268 e. The average molecular weight is 380 g/mol. The van der Waals surface area contributed by atoms with E-state index in [9.17, 15) is 14.9 Å². The van der Waals surface area contributed by atoms with E-state index in [1.807, 2.05) is 48.9 Å². The summed E-state index contributed by atoms with van der Waals surface area (Å²) in [7, 11) is 1.88. The number of nitrogens with zero attached hydrogens (tertiary/aromatic N) is 2. The molecule has 6 nitrogen and oxygen atoms in total. The standard InChI is InChI=1S/C22H28N4O2/c1-3-8-16(14-23)24-21(27)17-10-5-6-11-18(17)25-22(28)20-13-15-9-4-7-12-19(15)26(20)2/h4,7,9,12-13,16-18H,3,5-6,8,10-11H2,1-2H3,(H,24,27)(H,25,28)/t16-,17+,18?/m0/s1. The number of carbonyl (C=O) groups is 2. The second-order valence-electron chi connectivity index (χ2n) is 7.60. The fourth-order valence-corrected chi connectivity index (χ4v) is 4.10. The zero-order valence-electron chi connectivity index (χ0n) is 16.6. The van der Waals surface area contributed by atoms with Crippen molar-refractivity contribution in [3.8, 4) is 6.07 Å². The molecule has 1 aromatic heterocycles. The number of aromatic nitrogens is 1. The van der Waals surface area contributed by atoms with Crippen molar-refractivity contribution in [3.05, 3.63) is 36.0 Å². The van der Waals surface area contributed by atoms with Gasteiger partial charge in [0.2, 0.25) is 5.91 Å². The van der Waals surface area contributed by atoms with Gasteiger partial charge in [-0.15, -0.1) is 0 Å². The molecule has 1 aliphatic carbocycles. The molecule has 1 aromatic carbocycles. The number of para-hydroxylation sites is 1. The minimum atomic E-state index is -0.464. The van der Waals surface area contributed by atoms with E-state index in [1.54, 1.807) is 0 Å². The van der Waals surface area contributed by atoms with Gasteiger partial charge in [-0.1, -0.05) is 44.4 Å². The minimum Gasteiger partial charge on any atom is -0.347 e. The van der Waals surface area contributed by atoms with E-state index < -0.39 is 6.04 Å². The zero-order valence-corrected chi connectivity index (χ0v) is 16.6. The van der Waals surface area contributed by atoms with Crippen LogP contribution in [0.1, 0.15) is 55.9 Å². The molecular formula is C22H28N4O2. The molecule has 1 saturated carbocycles. The molecule has 0 radical (unpaired) electrons. The van der Waals surface area contributed by atoms with Gasteiger partial charge in [0.15, 0.2) is 0 Å². The number of fused-ring (bicyclic) bond motifs is 1. The SMILES string of the molecule is CCC[C@@H](C#N)NC(=O)[C@@H]1CCCCC1NC(=O)c1cc2ccccc2n1C. The highest BCUT2D eigenvalue weighted by molar-refractivity contribution is 5.99. The number of nitrogens with one attached hydrogen (secondary N) is 2. The van der Waals surface area contributed by atoms with Crippen LogP contribution >= 0.6 is 0 Å². The number of hydrogen-bond acceptors (Lipinski definition) is 3. The van der Waals surface area contributed by atoms with E-state index in [4.69, 9.17) is 0 Å². The average Bonchev–Trinajstić information content (AvgIpc) is 3.05. The highest BCUT2D eigenvalue weighted by Gasteiger charge is 2.33. The summed E-state index contributed by atoms with van der Waals surface area (Å²) in [5, 5.41) is 16.2. The molecule has 1 unspecified atom stereocenters. The topological polar surface area (TPSA) is 86.9 Å². The van der Waals surface area contributed by atoms with Crippen molar-refractivity contribution < 1.29 is 9.59 Å². The van der Waals surface area contributed by atoms with Crippen LogP contribution in [0, 0.1) is 17.2 Å². The second-order valence-corrected chi connectivity index (χ2v) is 7.60. The van der Waals surface area contributed by atoms with Crippen molar-refractivity contribution in [1.29, 1.82) is 5.26 Å². The Bertz CT molecular complexity index is 896. The number of benzene rings is 1. The van der Waals surface area contributed by atoms with Crippen molar-refractivity contribution >= 4 is 22.7 Å². The molecule has 2 aromatic rings. The molecule has 3 atom stereocenters. The van der Waals surface area contributed by atoms with Crippen molar-refractivity contribution in [2.24, 2.45) is 13.0 Å². The molecule has 148 valence electrons. The lowest BCUT2D eigenvalue weighted by Crippen LogP contribution is -2.50. The maximum atomic E-state index is 12.9. The van der Waals surface area contributed by atoms with Crippen LogP contribution in [-0.4, -0.2) is 28.5 Å². The van der Waals surface area contributed by atoms with Crippen LogP contribution in [0.25, 0.3) is 10.9 Å². The van der Waals surface area contributed by atoms with Gasteiger partial charge in [0.05, 0.1) is 12.0 Å². The lowest BCUT2D eigenvalue weighted by atomic mass is 9.83. The molecule has 28 heavy (non-hydrogen) atoms. The smallest absolute Gasteiger partial charge is 0.268 e. The fraction of sp³-hybridized carbons (Fsp3) is 0.500. The van der Waals surface area contributed by atoms with Crippen molar-refractivity contribution in [3.63, 3.8) is 0 Å². The third-order valence-corrected chi connectivity index (χ3v) is 5.65. The largest absolute Gasteiger partial charge is 0.347 e. The molecule has 0 aliphatic heterocycles. The number of aryl methyl sites for hydroxylation is 1. The van der Waals surface area contributed by atoms with E-state index in [-0.39, 0.29) is 23.8 Å². The van der Waals surface area contributed by atoms with Crippen LogP contribution in [0.3, 0.4) is 0 Å². The van der Waals surface area contributed by atoms with Gasteiger partial charge in [-0.3, -0.25) is 9.59 Å². The summed E-state index contributed by atoms with van der Waals surface area (Å²) in [4.78, 5) is 25.7. The summed E-state index contributed by atoms with van der Waals surface area (Å²) in [5.41, 5.74) is 1.59. The van der Waals surface area contributed by atoms with Gasteiger partial charge in [0.25, 0.3) is 5.91 Å². The Morgan fingerprint density at radius 2 is 2.04 bits per heavy atom. The Balaban J connectivity index is 1.73. The highest BCUT2D eigenvalue weighted by atomic mass is 16.2. The normalized spacial score (nSPS) is 20.3. The predicted octanol–water partition coefficient (Wildman–Crippen LogP) is 3.28. The summed E-state index contributed by atoms with van der Waals surface area (Å²) < 4.78 is 1.88. The molecule has 0 spiro atoms. The molecule has 6 heteroatoms. The van der Waals surface area contributed by atoms with Crippen LogP contribution in [0.4, 0.5) is 0 Å². The molecule has 1 fully saturated rings. The molecule has 1 heterocycles. The summed E-state index contributed by atoms with van der Waals surface area (Å²) in [6.07, 6.45) is 4.94. The first-order valence-electron chi connectivity index (χ1n) is 10.1. The van der Waals surface area contributed by atoms with Crippen molar-refractivity contribution in [2.45, 2.75) is 57.5 Å². The summed E-state index contributed by atoms with van der Waals surface area (Å²) in [6, 6.07) is 11.2. The Morgan fingerprint density at radius 3 is 2.75 bits per heavy atom.